The van der Waals surface area contributed by atoms with Crippen molar-refractivity contribution in [1.82, 2.24) is 15.5 Å². The van der Waals surface area contributed by atoms with Crippen LogP contribution >= 0.6 is 0 Å². The van der Waals surface area contributed by atoms with Gasteiger partial charge in [-0.15, -0.1) is 0 Å². The van der Waals surface area contributed by atoms with E-state index in [1.165, 1.54) is 38.5 Å². The van der Waals surface area contributed by atoms with Gasteiger partial charge in [0, 0.05) is 24.1 Å². The fourth-order valence-corrected chi connectivity index (χ4v) is 3.22. The maximum Gasteiger partial charge on any atom is 0.248 e. The van der Waals surface area contributed by atoms with Crippen LogP contribution in [0.25, 0.3) is 0 Å². The Kier molecular flexibility index (Phi) is 4.22. The highest BCUT2D eigenvalue weighted by Crippen LogP contribution is 2.31. The van der Waals surface area contributed by atoms with Crippen LogP contribution in [0.5, 0.6) is 0 Å². The third-order valence-corrected chi connectivity index (χ3v) is 4.46. The highest BCUT2D eigenvalue weighted by molar-refractivity contribution is 5.98. The SMILES string of the molecule is O=C1CC[C@@H](C(=O)Nc2cc(C3CCCCCC3)[nH]n2)N1. The number of hydrogen-bond acceptors (Lipinski definition) is 3. The van der Waals surface area contributed by atoms with Crippen molar-refractivity contribution in [2.24, 2.45) is 0 Å². The van der Waals surface area contributed by atoms with E-state index in [1.54, 1.807) is 0 Å². The van der Waals surface area contributed by atoms with Gasteiger partial charge in [-0.3, -0.25) is 14.7 Å². The average Bonchev–Trinajstić information content (AvgIpc) is 3.01. The monoisotopic (exact) mass is 290 g/mol. The highest BCUT2D eigenvalue weighted by atomic mass is 16.2. The molecule has 1 saturated carbocycles. The summed E-state index contributed by atoms with van der Waals surface area (Å²) in [5.74, 6) is 0.841. The average molecular weight is 290 g/mol. The van der Waals surface area contributed by atoms with Gasteiger partial charge in [0.25, 0.3) is 0 Å². The number of carbonyl (C=O) groups excluding carboxylic acids is 2. The van der Waals surface area contributed by atoms with E-state index in [-0.39, 0.29) is 11.8 Å². The van der Waals surface area contributed by atoms with E-state index in [4.69, 9.17) is 0 Å². The number of hydrogen-bond donors (Lipinski definition) is 3. The number of aromatic nitrogens is 2. The molecule has 2 amide bonds. The molecule has 0 bridgehead atoms. The number of rotatable bonds is 3. The van der Waals surface area contributed by atoms with Crippen LogP contribution in [0, 0.1) is 0 Å². The summed E-state index contributed by atoms with van der Waals surface area (Å²) in [6.07, 6.45) is 8.52. The van der Waals surface area contributed by atoms with Gasteiger partial charge < -0.3 is 10.6 Å². The van der Waals surface area contributed by atoms with Crippen molar-refractivity contribution >= 4 is 17.6 Å². The van der Waals surface area contributed by atoms with Gasteiger partial charge in [0.1, 0.15) is 6.04 Å². The van der Waals surface area contributed by atoms with Crippen LogP contribution < -0.4 is 10.6 Å². The Morgan fingerprint density at radius 3 is 2.62 bits per heavy atom. The second-order valence-corrected chi connectivity index (χ2v) is 6.05. The van der Waals surface area contributed by atoms with Crippen LogP contribution in [0.2, 0.25) is 0 Å². The van der Waals surface area contributed by atoms with Gasteiger partial charge in [-0.2, -0.15) is 5.10 Å². The minimum Gasteiger partial charge on any atom is -0.344 e. The van der Waals surface area contributed by atoms with Gasteiger partial charge in [-0.25, -0.2) is 0 Å². The molecule has 3 N–H and O–H groups in total. The lowest BCUT2D eigenvalue weighted by Crippen LogP contribution is -2.37. The summed E-state index contributed by atoms with van der Waals surface area (Å²) in [6, 6.07) is 1.51. The van der Waals surface area contributed by atoms with E-state index in [9.17, 15) is 9.59 Å². The Morgan fingerprint density at radius 2 is 1.95 bits per heavy atom. The normalized spacial score (nSPS) is 23.6. The van der Waals surface area contributed by atoms with Crippen LogP contribution in [-0.4, -0.2) is 28.1 Å². The number of aromatic amines is 1. The third-order valence-electron chi connectivity index (χ3n) is 4.46. The number of H-pyrrole nitrogens is 1. The summed E-state index contributed by atoms with van der Waals surface area (Å²) >= 11 is 0. The summed E-state index contributed by atoms with van der Waals surface area (Å²) in [5.41, 5.74) is 1.11. The van der Waals surface area contributed by atoms with Gasteiger partial charge in [0.05, 0.1) is 0 Å². The number of nitrogens with zero attached hydrogens (tertiary/aromatic N) is 1. The van der Waals surface area contributed by atoms with Crippen LogP contribution in [0.4, 0.5) is 5.82 Å². The molecule has 0 unspecified atom stereocenters. The van der Waals surface area contributed by atoms with E-state index < -0.39 is 6.04 Å². The highest BCUT2D eigenvalue weighted by Gasteiger charge is 2.27. The molecule has 1 aliphatic carbocycles. The fraction of sp³-hybridized carbons (Fsp3) is 0.667. The number of nitrogens with one attached hydrogen (secondary N) is 3. The fourth-order valence-electron chi connectivity index (χ4n) is 3.22. The summed E-state index contributed by atoms with van der Waals surface area (Å²) in [7, 11) is 0. The van der Waals surface area contributed by atoms with Crippen molar-refractivity contribution < 1.29 is 9.59 Å². The zero-order chi connectivity index (χ0) is 14.7. The van der Waals surface area contributed by atoms with E-state index >= 15 is 0 Å². The van der Waals surface area contributed by atoms with E-state index in [0.29, 0.717) is 24.6 Å². The zero-order valence-electron chi connectivity index (χ0n) is 12.2. The lowest BCUT2D eigenvalue weighted by molar-refractivity contribution is -0.122. The molecule has 6 heteroatoms. The molecule has 0 aromatic carbocycles. The molecule has 2 fully saturated rings. The standard InChI is InChI=1S/C15H22N4O2/c20-14-8-7-11(16-14)15(21)17-13-9-12(18-19-13)10-5-3-1-2-4-6-10/h9-11H,1-8H2,(H,16,20)(H2,17,18,19,21)/t11-/m0/s1. The quantitative estimate of drug-likeness (QED) is 0.745. The summed E-state index contributed by atoms with van der Waals surface area (Å²) in [4.78, 5) is 23.2. The number of amides is 2. The Labute approximate surface area is 124 Å². The molecule has 1 aliphatic heterocycles. The zero-order valence-corrected chi connectivity index (χ0v) is 12.2. The van der Waals surface area contributed by atoms with Crippen LogP contribution in [0.3, 0.4) is 0 Å². The molecule has 2 heterocycles. The van der Waals surface area contributed by atoms with Crippen molar-refractivity contribution in [3.8, 4) is 0 Å². The third kappa shape index (κ3) is 3.43. The second-order valence-electron chi connectivity index (χ2n) is 6.05. The predicted octanol–water partition coefficient (Wildman–Crippen LogP) is 2.06. The molecule has 114 valence electrons. The molecule has 1 atom stereocenters. The lowest BCUT2D eigenvalue weighted by Gasteiger charge is -2.10. The van der Waals surface area contributed by atoms with Crippen molar-refractivity contribution in [3.63, 3.8) is 0 Å². The first-order chi connectivity index (χ1) is 10.2. The van der Waals surface area contributed by atoms with Gasteiger partial charge >= 0.3 is 0 Å². The van der Waals surface area contributed by atoms with Crippen molar-refractivity contribution in [1.29, 1.82) is 0 Å². The molecule has 6 nitrogen and oxygen atoms in total. The molecule has 3 rings (SSSR count). The van der Waals surface area contributed by atoms with Crippen molar-refractivity contribution in [2.45, 2.75) is 63.3 Å². The first-order valence-electron chi connectivity index (χ1n) is 7.88. The van der Waals surface area contributed by atoms with Crippen LogP contribution in [0.1, 0.15) is 63.0 Å². The molecule has 1 saturated heterocycles. The van der Waals surface area contributed by atoms with Gasteiger partial charge in [0.15, 0.2) is 5.82 Å². The topological polar surface area (TPSA) is 86.9 Å². The molecular formula is C15H22N4O2. The maximum atomic E-state index is 12.0. The van der Waals surface area contributed by atoms with E-state index in [0.717, 1.165) is 5.69 Å². The van der Waals surface area contributed by atoms with Crippen molar-refractivity contribution in [3.05, 3.63) is 11.8 Å². The molecule has 21 heavy (non-hydrogen) atoms. The molecule has 2 aliphatic rings. The van der Waals surface area contributed by atoms with Crippen molar-refractivity contribution in [2.75, 3.05) is 5.32 Å². The smallest absolute Gasteiger partial charge is 0.248 e. The number of carbonyl (C=O) groups is 2. The first kappa shape index (κ1) is 14.1. The Balaban J connectivity index is 1.59. The second kappa shape index (κ2) is 6.28. The lowest BCUT2D eigenvalue weighted by atomic mass is 9.97. The minimum atomic E-state index is -0.421. The molecule has 0 spiro atoms. The van der Waals surface area contributed by atoms with Crippen LogP contribution in [-0.2, 0) is 9.59 Å². The minimum absolute atomic E-state index is 0.0590. The van der Waals surface area contributed by atoms with Crippen LogP contribution in [0.15, 0.2) is 6.07 Å². The number of anilines is 1. The van der Waals surface area contributed by atoms with E-state index in [1.807, 2.05) is 6.07 Å². The summed E-state index contributed by atoms with van der Waals surface area (Å²) in [5, 5.41) is 12.7. The first-order valence-corrected chi connectivity index (χ1v) is 7.88. The predicted molar refractivity (Wildman–Crippen MR) is 78.8 cm³/mol. The summed E-state index contributed by atoms with van der Waals surface area (Å²) < 4.78 is 0. The summed E-state index contributed by atoms with van der Waals surface area (Å²) in [6.45, 7) is 0. The van der Waals surface area contributed by atoms with Gasteiger partial charge in [0.2, 0.25) is 11.8 Å². The maximum absolute atomic E-state index is 12.0. The Hall–Kier alpha value is -1.85. The molecule has 1 aromatic heterocycles. The van der Waals surface area contributed by atoms with Gasteiger partial charge in [-0.05, 0) is 19.3 Å². The van der Waals surface area contributed by atoms with Gasteiger partial charge in [-0.1, -0.05) is 25.7 Å². The molecule has 1 aromatic rings. The van der Waals surface area contributed by atoms with E-state index in [2.05, 4.69) is 20.8 Å². The Morgan fingerprint density at radius 1 is 1.19 bits per heavy atom. The largest absolute Gasteiger partial charge is 0.344 e. The molecule has 0 radical (unpaired) electrons. The molecular weight excluding hydrogens is 268 g/mol. The Bertz CT molecular complexity index is 517.